The van der Waals surface area contributed by atoms with Crippen LogP contribution in [0.5, 0.6) is 11.5 Å². The molecule has 28 heavy (non-hydrogen) atoms. The Balaban J connectivity index is 1.68. The number of carbonyl (C=O) groups is 1. The predicted octanol–water partition coefficient (Wildman–Crippen LogP) is 3.51. The smallest absolute Gasteiger partial charge is 0.325 e. The number of nitrogens with zero attached hydrogens (tertiary/aromatic N) is 1. The van der Waals surface area contributed by atoms with E-state index in [4.69, 9.17) is 14.2 Å². The molecule has 1 unspecified atom stereocenters. The standard InChI is InChI=1S/C22H27NO5/c1-26-18-9-6-10-19(27-2)20(18)21(22(24)25)23-13-11-17(12-14-23)28-15-16-7-4-3-5-8-16/h3-10,17,21H,11-15H2,1-2H3,(H,24,25). The highest BCUT2D eigenvalue weighted by atomic mass is 16.5. The Morgan fingerprint density at radius 2 is 1.64 bits per heavy atom. The van der Waals surface area contributed by atoms with Gasteiger partial charge >= 0.3 is 5.97 Å². The zero-order valence-corrected chi connectivity index (χ0v) is 16.3. The summed E-state index contributed by atoms with van der Waals surface area (Å²) in [7, 11) is 3.09. The molecule has 0 amide bonds. The zero-order valence-electron chi connectivity index (χ0n) is 16.3. The molecular weight excluding hydrogens is 358 g/mol. The second kappa shape index (κ2) is 9.57. The van der Waals surface area contributed by atoms with E-state index in [2.05, 4.69) is 0 Å². The van der Waals surface area contributed by atoms with Crippen LogP contribution < -0.4 is 9.47 Å². The molecule has 6 nitrogen and oxygen atoms in total. The maximum Gasteiger partial charge on any atom is 0.325 e. The molecule has 1 N–H and O–H groups in total. The topological polar surface area (TPSA) is 68.2 Å². The van der Waals surface area contributed by atoms with Crippen LogP contribution in [0.3, 0.4) is 0 Å². The number of hydrogen-bond donors (Lipinski definition) is 1. The van der Waals surface area contributed by atoms with E-state index >= 15 is 0 Å². The first-order valence-electron chi connectivity index (χ1n) is 9.47. The molecule has 1 atom stereocenters. The third kappa shape index (κ3) is 4.64. The van der Waals surface area contributed by atoms with Crippen molar-refractivity contribution in [2.75, 3.05) is 27.3 Å². The van der Waals surface area contributed by atoms with E-state index < -0.39 is 12.0 Å². The van der Waals surface area contributed by atoms with Crippen LogP contribution >= 0.6 is 0 Å². The summed E-state index contributed by atoms with van der Waals surface area (Å²) in [6.07, 6.45) is 1.70. The van der Waals surface area contributed by atoms with Gasteiger partial charge in [-0.1, -0.05) is 36.4 Å². The Labute approximate surface area is 165 Å². The van der Waals surface area contributed by atoms with Gasteiger partial charge in [-0.05, 0) is 30.5 Å². The van der Waals surface area contributed by atoms with E-state index in [1.54, 1.807) is 32.4 Å². The normalized spacial score (nSPS) is 16.5. The largest absolute Gasteiger partial charge is 0.496 e. The summed E-state index contributed by atoms with van der Waals surface area (Å²) in [4.78, 5) is 14.1. The summed E-state index contributed by atoms with van der Waals surface area (Å²) >= 11 is 0. The molecule has 1 aliphatic heterocycles. The Kier molecular flexibility index (Phi) is 6.90. The first-order valence-corrected chi connectivity index (χ1v) is 9.47. The van der Waals surface area contributed by atoms with Crippen LogP contribution in [0.15, 0.2) is 48.5 Å². The molecule has 1 saturated heterocycles. The number of likely N-dealkylation sites (tertiary alicyclic amines) is 1. The monoisotopic (exact) mass is 385 g/mol. The number of aliphatic carboxylic acids is 1. The zero-order chi connectivity index (χ0) is 19.9. The van der Waals surface area contributed by atoms with Crippen molar-refractivity contribution in [3.05, 3.63) is 59.7 Å². The molecule has 0 radical (unpaired) electrons. The summed E-state index contributed by atoms with van der Waals surface area (Å²) in [5.41, 5.74) is 1.70. The van der Waals surface area contributed by atoms with E-state index in [-0.39, 0.29) is 6.10 Å². The first-order chi connectivity index (χ1) is 13.6. The summed E-state index contributed by atoms with van der Waals surface area (Å²) < 4.78 is 16.9. The number of hydrogen-bond acceptors (Lipinski definition) is 5. The molecule has 6 heteroatoms. The molecule has 1 heterocycles. The molecular formula is C22H27NO5. The van der Waals surface area contributed by atoms with Crippen molar-refractivity contribution in [1.29, 1.82) is 0 Å². The molecule has 2 aromatic carbocycles. The van der Waals surface area contributed by atoms with Crippen LogP contribution in [0.4, 0.5) is 0 Å². The Morgan fingerprint density at radius 3 is 2.18 bits per heavy atom. The van der Waals surface area contributed by atoms with Gasteiger partial charge < -0.3 is 19.3 Å². The van der Waals surface area contributed by atoms with Gasteiger partial charge in [0.25, 0.3) is 0 Å². The quantitative estimate of drug-likeness (QED) is 0.750. The average Bonchev–Trinajstić information content (AvgIpc) is 2.74. The molecule has 0 spiro atoms. The summed E-state index contributed by atoms with van der Waals surface area (Å²) in [5.74, 6) is 0.134. The Bertz CT molecular complexity index is 750. The van der Waals surface area contributed by atoms with Gasteiger partial charge in [-0.2, -0.15) is 0 Å². The van der Waals surface area contributed by atoms with Crippen molar-refractivity contribution < 1.29 is 24.1 Å². The van der Waals surface area contributed by atoms with Crippen molar-refractivity contribution in [1.82, 2.24) is 4.90 Å². The van der Waals surface area contributed by atoms with Gasteiger partial charge in [0.1, 0.15) is 17.5 Å². The number of rotatable bonds is 8. The SMILES string of the molecule is COc1cccc(OC)c1C(C(=O)O)N1CCC(OCc2ccccc2)CC1. The number of carboxylic acid groups (broad SMARTS) is 1. The summed E-state index contributed by atoms with van der Waals surface area (Å²) in [5, 5.41) is 9.95. The highest BCUT2D eigenvalue weighted by molar-refractivity contribution is 5.78. The minimum atomic E-state index is -0.911. The highest BCUT2D eigenvalue weighted by Crippen LogP contribution is 2.38. The molecule has 0 bridgehead atoms. The molecule has 0 saturated carbocycles. The molecule has 1 aliphatic rings. The van der Waals surface area contributed by atoms with Gasteiger partial charge in [0.05, 0.1) is 32.5 Å². The lowest BCUT2D eigenvalue weighted by Gasteiger charge is -2.36. The second-order valence-electron chi connectivity index (χ2n) is 6.85. The fourth-order valence-corrected chi connectivity index (χ4v) is 3.70. The number of carboxylic acids is 1. The Morgan fingerprint density at radius 1 is 1.04 bits per heavy atom. The number of benzene rings is 2. The van der Waals surface area contributed by atoms with Gasteiger partial charge in [0.15, 0.2) is 0 Å². The lowest BCUT2D eigenvalue weighted by molar-refractivity contribution is -0.145. The van der Waals surface area contributed by atoms with Crippen molar-refractivity contribution in [3.8, 4) is 11.5 Å². The fourth-order valence-electron chi connectivity index (χ4n) is 3.70. The lowest BCUT2D eigenvalue weighted by Crippen LogP contribution is -2.42. The maximum atomic E-state index is 12.1. The van der Waals surface area contributed by atoms with Crippen LogP contribution in [0.1, 0.15) is 30.0 Å². The van der Waals surface area contributed by atoms with Crippen LogP contribution in [0.2, 0.25) is 0 Å². The molecule has 2 aromatic rings. The van der Waals surface area contributed by atoms with Gasteiger partial charge in [-0.15, -0.1) is 0 Å². The molecule has 150 valence electrons. The van der Waals surface area contributed by atoms with Crippen LogP contribution in [-0.4, -0.2) is 49.4 Å². The average molecular weight is 385 g/mol. The molecule has 1 fully saturated rings. The van der Waals surface area contributed by atoms with Gasteiger partial charge in [0, 0.05) is 13.1 Å². The van der Waals surface area contributed by atoms with Crippen molar-refractivity contribution >= 4 is 5.97 Å². The molecule has 3 rings (SSSR count). The molecule has 0 aliphatic carbocycles. The first kappa shape index (κ1) is 20.2. The summed E-state index contributed by atoms with van der Waals surface area (Å²) in [6.45, 7) is 1.85. The highest BCUT2D eigenvalue weighted by Gasteiger charge is 2.35. The van der Waals surface area contributed by atoms with Crippen molar-refractivity contribution in [2.45, 2.75) is 31.6 Å². The van der Waals surface area contributed by atoms with E-state index in [0.717, 1.165) is 18.4 Å². The van der Waals surface area contributed by atoms with Crippen molar-refractivity contribution in [3.63, 3.8) is 0 Å². The molecule has 0 aromatic heterocycles. The number of ether oxygens (including phenoxy) is 3. The van der Waals surface area contributed by atoms with E-state index in [1.165, 1.54) is 0 Å². The third-order valence-electron chi connectivity index (χ3n) is 5.14. The maximum absolute atomic E-state index is 12.1. The van der Waals surface area contributed by atoms with E-state index in [1.807, 2.05) is 35.2 Å². The van der Waals surface area contributed by atoms with E-state index in [0.29, 0.717) is 36.8 Å². The van der Waals surface area contributed by atoms with Gasteiger partial charge in [0.2, 0.25) is 0 Å². The van der Waals surface area contributed by atoms with Crippen LogP contribution in [-0.2, 0) is 16.1 Å². The number of methoxy groups -OCH3 is 2. The van der Waals surface area contributed by atoms with Gasteiger partial charge in [-0.25, -0.2) is 0 Å². The fraction of sp³-hybridized carbons (Fsp3) is 0.409. The predicted molar refractivity (Wildman–Crippen MR) is 106 cm³/mol. The second-order valence-corrected chi connectivity index (χ2v) is 6.85. The minimum absolute atomic E-state index is 0.130. The van der Waals surface area contributed by atoms with E-state index in [9.17, 15) is 9.90 Å². The van der Waals surface area contributed by atoms with Crippen LogP contribution in [0.25, 0.3) is 0 Å². The van der Waals surface area contributed by atoms with Crippen LogP contribution in [0, 0.1) is 0 Å². The Hall–Kier alpha value is -2.57. The summed E-state index contributed by atoms with van der Waals surface area (Å²) in [6, 6.07) is 14.6. The van der Waals surface area contributed by atoms with Gasteiger partial charge in [-0.3, -0.25) is 9.69 Å². The lowest BCUT2D eigenvalue weighted by atomic mass is 9.98. The third-order valence-corrected chi connectivity index (χ3v) is 5.14. The minimum Gasteiger partial charge on any atom is -0.496 e. The van der Waals surface area contributed by atoms with Crippen molar-refractivity contribution in [2.24, 2.45) is 0 Å². The number of piperidine rings is 1.